The van der Waals surface area contributed by atoms with Crippen molar-refractivity contribution in [2.75, 3.05) is 6.61 Å². The summed E-state index contributed by atoms with van der Waals surface area (Å²) in [4.78, 5) is 11.2. The molecule has 0 amide bonds. The predicted octanol–water partition coefficient (Wildman–Crippen LogP) is 2.87. The molecule has 1 fully saturated rings. The minimum Gasteiger partial charge on any atom is -0.456 e. The van der Waals surface area contributed by atoms with Gasteiger partial charge in [0.2, 0.25) is 0 Å². The molecule has 1 aliphatic rings. The Hall–Kier alpha value is -1.75. The third kappa shape index (κ3) is 2.88. The Bertz CT molecular complexity index is 461. The molecule has 0 heterocycles. The van der Waals surface area contributed by atoms with Crippen molar-refractivity contribution in [3.63, 3.8) is 0 Å². The van der Waals surface area contributed by atoms with Crippen LogP contribution < -0.4 is 0 Å². The second kappa shape index (κ2) is 5.54. The van der Waals surface area contributed by atoms with E-state index in [9.17, 15) is 4.79 Å². The molecule has 0 atom stereocenters. The highest BCUT2D eigenvalue weighted by Gasteiger charge is 2.21. The van der Waals surface area contributed by atoms with Crippen molar-refractivity contribution in [1.82, 2.24) is 0 Å². The van der Waals surface area contributed by atoms with Gasteiger partial charge >= 0.3 is 5.97 Å². The molecule has 88 valence electrons. The van der Waals surface area contributed by atoms with Crippen molar-refractivity contribution in [2.45, 2.75) is 32.1 Å². The zero-order valence-corrected chi connectivity index (χ0v) is 10.0. The zero-order valence-electron chi connectivity index (χ0n) is 10.0. The van der Waals surface area contributed by atoms with Crippen LogP contribution >= 0.6 is 0 Å². The maximum absolute atomic E-state index is 11.2. The molecule has 0 aromatic heterocycles. The monoisotopic (exact) mass is 228 g/mol. The van der Waals surface area contributed by atoms with Gasteiger partial charge in [-0.05, 0) is 37.3 Å². The third-order valence-electron chi connectivity index (χ3n) is 3.08. The Morgan fingerprint density at radius 3 is 2.82 bits per heavy atom. The van der Waals surface area contributed by atoms with Crippen LogP contribution in [0.5, 0.6) is 0 Å². The normalized spacial score (nSPS) is 14.4. The average molecular weight is 228 g/mol. The highest BCUT2D eigenvalue weighted by molar-refractivity contribution is 5.89. The van der Waals surface area contributed by atoms with Gasteiger partial charge in [0.1, 0.15) is 0 Å². The van der Waals surface area contributed by atoms with Gasteiger partial charge in [0.25, 0.3) is 0 Å². The summed E-state index contributed by atoms with van der Waals surface area (Å²) in [5, 5.41) is 0. The van der Waals surface area contributed by atoms with Crippen LogP contribution in [0.1, 0.15) is 43.2 Å². The molecular formula is C15H16O2. The van der Waals surface area contributed by atoms with Crippen LogP contribution in [0.15, 0.2) is 24.3 Å². The quantitative estimate of drug-likeness (QED) is 0.574. The Kier molecular flexibility index (Phi) is 3.82. The van der Waals surface area contributed by atoms with Gasteiger partial charge < -0.3 is 4.74 Å². The first-order valence-electron chi connectivity index (χ1n) is 6.09. The Balaban J connectivity index is 2.17. The molecule has 2 heteroatoms. The average Bonchev–Trinajstić information content (AvgIpc) is 2.26. The minimum absolute atomic E-state index is 0.373. The Labute approximate surface area is 102 Å². The van der Waals surface area contributed by atoms with Crippen LogP contribution in [0.25, 0.3) is 0 Å². The highest BCUT2D eigenvalue weighted by Crippen LogP contribution is 2.37. The largest absolute Gasteiger partial charge is 0.456 e. The van der Waals surface area contributed by atoms with E-state index in [0.29, 0.717) is 12.5 Å². The van der Waals surface area contributed by atoms with Crippen molar-refractivity contribution >= 4 is 5.97 Å². The summed E-state index contributed by atoms with van der Waals surface area (Å²) in [5.41, 5.74) is 2.24. The lowest BCUT2D eigenvalue weighted by Crippen LogP contribution is -2.10. The fraction of sp³-hybridized carbons (Fsp3) is 0.400. The van der Waals surface area contributed by atoms with Gasteiger partial charge in [-0.25, -0.2) is 4.79 Å². The predicted molar refractivity (Wildman–Crippen MR) is 66.5 cm³/mol. The second-order valence-electron chi connectivity index (χ2n) is 4.19. The van der Waals surface area contributed by atoms with Crippen LogP contribution in [0, 0.1) is 11.8 Å². The second-order valence-corrected chi connectivity index (χ2v) is 4.19. The summed E-state index contributed by atoms with van der Waals surface area (Å²) in [5.74, 6) is 5.63. The molecule has 2 rings (SSSR count). The van der Waals surface area contributed by atoms with Crippen LogP contribution in [0.2, 0.25) is 0 Å². The number of rotatable bonds is 2. The lowest BCUT2D eigenvalue weighted by Gasteiger charge is -2.26. The molecule has 1 aromatic rings. The first kappa shape index (κ1) is 11.7. The molecule has 1 aromatic carbocycles. The van der Waals surface area contributed by atoms with E-state index in [-0.39, 0.29) is 0 Å². The number of hydrogen-bond donors (Lipinski definition) is 0. The maximum atomic E-state index is 11.2. The smallest absolute Gasteiger partial charge is 0.384 e. The van der Waals surface area contributed by atoms with Crippen molar-refractivity contribution in [3.8, 4) is 11.8 Å². The molecule has 0 N–H and O–H groups in total. The van der Waals surface area contributed by atoms with Gasteiger partial charge in [-0.15, -0.1) is 0 Å². The van der Waals surface area contributed by atoms with Crippen LogP contribution in [-0.2, 0) is 9.53 Å². The number of benzene rings is 1. The van der Waals surface area contributed by atoms with Crippen molar-refractivity contribution in [3.05, 3.63) is 35.4 Å². The van der Waals surface area contributed by atoms with Gasteiger partial charge in [-0.2, -0.15) is 0 Å². The molecule has 0 saturated heterocycles. The SMILES string of the molecule is CCOC(=O)C#Cc1ccccc1C1CCC1. The summed E-state index contributed by atoms with van der Waals surface area (Å²) < 4.78 is 4.79. The molecule has 2 nitrogen and oxygen atoms in total. The summed E-state index contributed by atoms with van der Waals surface area (Å²) in [6, 6.07) is 8.07. The number of hydrogen-bond acceptors (Lipinski definition) is 2. The lowest BCUT2D eigenvalue weighted by molar-refractivity contribution is -0.136. The summed E-state index contributed by atoms with van der Waals surface area (Å²) in [6.07, 6.45) is 3.76. The lowest BCUT2D eigenvalue weighted by atomic mass is 9.78. The Morgan fingerprint density at radius 1 is 1.41 bits per heavy atom. The maximum Gasteiger partial charge on any atom is 0.384 e. The third-order valence-corrected chi connectivity index (χ3v) is 3.08. The number of esters is 1. The summed E-state index contributed by atoms with van der Waals surface area (Å²) >= 11 is 0. The molecule has 0 aliphatic heterocycles. The van der Waals surface area contributed by atoms with Crippen molar-refractivity contribution in [1.29, 1.82) is 0 Å². The number of carbonyl (C=O) groups is 1. The van der Waals surface area contributed by atoms with E-state index in [1.54, 1.807) is 6.92 Å². The molecule has 1 aliphatic carbocycles. The van der Waals surface area contributed by atoms with Gasteiger partial charge in [-0.3, -0.25) is 0 Å². The van der Waals surface area contributed by atoms with Crippen molar-refractivity contribution < 1.29 is 9.53 Å². The number of carbonyl (C=O) groups excluding carboxylic acids is 1. The van der Waals surface area contributed by atoms with E-state index in [2.05, 4.69) is 17.9 Å². The topological polar surface area (TPSA) is 26.3 Å². The fourth-order valence-corrected chi connectivity index (χ4v) is 1.97. The summed E-state index contributed by atoms with van der Waals surface area (Å²) in [6.45, 7) is 2.15. The molecule has 0 bridgehead atoms. The van der Waals surface area contributed by atoms with Crippen molar-refractivity contribution in [2.24, 2.45) is 0 Å². The van der Waals surface area contributed by atoms with E-state index in [1.807, 2.05) is 18.2 Å². The number of ether oxygens (including phenoxy) is 1. The minimum atomic E-state index is -0.448. The van der Waals surface area contributed by atoms with E-state index in [1.165, 1.54) is 24.8 Å². The van der Waals surface area contributed by atoms with Gasteiger partial charge in [0.15, 0.2) is 0 Å². The molecule has 0 radical (unpaired) electrons. The van der Waals surface area contributed by atoms with Gasteiger partial charge in [0.05, 0.1) is 6.61 Å². The highest BCUT2D eigenvalue weighted by atomic mass is 16.5. The van der Waals surface area contributed by atoms with Crippen LogP contribution in [-0.4, -0.2) is 12.6 Å². The van der Waals surface area contributed by atoms with Gasteiger partial charge in [-0.1, -0.05) is 30.5 Å². The van der Waals surface area contributed by atoms with Crippen LogP contribution in [0.4, 0.5) is 0 Å². The van der Waals surface area contributed by atoms with E-state index < -0.39 is 5.97 Å². The Morgan fingerprint density at radius 2 is 2.18 bits per heavy atom. The molecular weight excluding hydrogens is 212 g/mol. The first-order valence-corrected chi connectivity index (χ1v) is 6.09. The van der Waals surface area contributed by atoms with E-state index >= 15 is 0 Å². The molecule has 17 heavy (non-hydrogen) atoms. The summed E-state index contributed by atoms with van der Waals surface area (Å²) in [7, 11) is 0. The van der Waals surface area contributed by atoms with Crippen LogP contribution in [0.3, 0.4) is 0 Å². The van der Waals surface area contributed by atoms with E-state index in [0.717, 1.165) is 5.56 Å². The fourth-order valence-electron chi connectivity index (χ4n) is 1.97. The molecule has 0 unspecified atom stereocenters. The van der Waals surface area contributed by atoms with E-state index in [4.69, 9.17) is 4.74 Å². The van der Waals surface area contributed by atoms with Gasteiger partial charge in [0, 0.05) is 11.5 Å². The molecule has 0 spiro atoms. The zero-order chi connectivity index (χ0) is 12.1. The standard InChI is InChI=1S/C15H16O2/c1-2-17-15(16)11-10-13-6-3-4-9-14(13)12-7-5-8-12/h3-4,6,9,12H,2,5,7-8H2,1H3. The molecule has 1 saturated carbocycles. The first-order chi connectivity index (χ1) is 8.31.